The van der Waals surface area contributed by atoms with Crippen LogP contribution in [0.4, 0.5) is 0 Å². The second kappa shape index (κ2) is 6.75. The first-order valence-corrected chi connectivity index (χ1v) is 9.57. The molecule has 1 aliphatic heterocycles. The van der Waals surface area contributed by atoms with E-state index < -0.39 is 5.41 Å². The van der Waals surface area contributed by atoms with Crippen LogP contribution in [0.3, 0.4) is 0 Å². The van der Waals surface area contributed by atoms with E-state index in [0.717, 1.165) is 41.0 Å². The van der Waals surface area contributed by atoms with Gasteiger partial charge in [-0.1, -0.05) is 24.3 Å². The van der Waals surface area contributed by atoms with Crippen LogP contribution in [0.15, 0.2) is 60.8 Å². The average molecular weight is 382 g/mol. The maximum absolute atomic E-state index is 13.1. The molecule has 5 rings (SSSR count). The predicted octanol–water partition coefficient (Wildman–Crippen LogP) is 4.19. The molecular formula is C24H18N2O3. The quantitative estimate of drug-likeness (QED) is 0.661. The van der Waals surface area contributed by atoms with Crippen molar-refractivity contribution < 1.29 is 14.3 Å². The summed E-state index contributed by atoms with van der Waals surface area (Å²) in [5, 5.41) is 8.91. The van der Waals surface area contributed by atoms with Crippen LogP contribution in [0.1, 0.15) is 29.7 Å². The number of hydrogen-bond acceptors (Lipinski definition) is 5. The zero-order valence-electron chi connectivity index (χ0n) is 15.7. The molecule has 0 spiro atoms. The van der Waals surface area contributed by atoms with E-state index in [9.17, 15) is 4.79 Å². The molecule has 0 atom stereocenters. The van der Waals surface area contributed by atoms with E-state index in [0.29, 0.717) is 17.7 Å². The monoisotopic (exact) mass is 382 g/mol. The van der Waals surface area contributed by atoms with Crippen LogP contribution < -0.4 is 9.47 Å². The smallest absolute Gasteiger partial charge is 0.231 e. The van der Waals surface area contributed by atoms with E-state index in [2.05, 4.69) is 11.1 Å². The standard InChI is InChI=1S/C24H18N2O3/c25-13-16-1-3-17(4-2-16)18-5-7-20(26-14-18)12-23(27)24(9-10-24)19-6-8-21-22(11-19)29-15-28-21/h1-8,11,14H,9-10,12,15H2. The molecule has 29 heavy (non-hydrogen) atoms. The van der Waals surface area contributed by atoms with Crippen molar-refractivity contribution in [3.63, 3.8) is 0 Å². The molecule has 0 amide bonds. The van der Waals surface area contributed by atoms with Crippen LogP contribution in [-0.2, 0) is 16.6 Å². The molecule has 142 valence electrons. The average Bonchev–Trinajstić information content (AvgIpc) is 3.45. The van der Waals surface area contributed by atoms with Crippen LogP contribution in [0.25, 0.3) is 11.1 Å². The van der Waals surface area contributed by atoms with E-state index >= 15 is 0 Å². The van der Waals surface area contributed by atoms with Crippen LogP contribution in [0, 0.1) is 11.3 Å². The van der Waals surface area contributed by atoms with Gasteiger partial charge in [0.2, 0.25) is 6.79 Å². The second-order valence-corrected chi connectivity index (χ2v) is 7.48. The van der Waals surface area contributed by atoms with E-state index in [1.807, 2.05) is 42.5 Å². The number of Topliss-reactive ketones (excluding diaryl/α,β-unsaturated/α-hetero) is 1. The van der Waals surface area contributed by atoms with Crippen molar-refractivity contribution in [1.82, 2.24) is 4.98 Å². The summed E-state index contributed by atoms with van der Waals surface area (Å²) in [5.74, 6) is 1.64. The number of hydrogen-bond donors (Lipinski definition) is 0. The Morgan fingerprint density at radius 2 is 1.76 bits per heavy atom. The van der Waals surface area contributed by atoms with E-state index in [-0.39, 0.29) is 12.6 Å². The van der Waals surface area contributed by atoms with Gasteiger partial charge >= 0.3 is 0 Å². The summed E-state index contributed by atoms with van der Waals surface area (Å²) < 4.78 is 10.8. The highest BCUT2D eigenvalue weighted by Crippen LogP contribution is 2.51. The number of pyridine rings is 1. The Balaban J connectivity index is 1.32. The molecule has 0 bridgehead atoms. The Labute approximate surface area is 168 Å². The summed E-state index contributed by atoms with van der Waals surface area (Å²) in [6, 6.07) is 19.2. The third-order valence-corrected chi connectivity index (χ3v) is 5.72. The number of fused-ring (bicyclic) bond motifs is 1. The number of aromatic nitrogens is 1. The molecule has 2 aliphatic rings. The summed E-state index contributed by atoms with van der Waals surface area (Å²) in [5.41, 5.74) is 3.92. The summed E-state index contributed by atoms with van der Waals surface area (Å²) in [4.78, 5) is 17.6. The summed E-state index contributed by atoms with van der Waals surface area (Å²) in [6.45, 7) is 0.231. The highest BCUT2D eigenvalue weighted by molar-refractivity contribution is 5.94. The Morgan fingerprint density at radius 3 is 2.45 bits per heavy atom. The molecule has 0 radical (unpaired) electrons. The van der Waals surface area contributed by atoms with Crippen molar-refractivity contribution >= 4 is 5.78 Å². The van der Waals surface area contributed by atoms with Gasteiger partial charge in [0.1, 0.15) is 5.78 Å². The van der Waals surface area contributed by atoms with Crippen molar-refractivity contribution in [3.05, 3.63) is 77.6 Å². The predicted molar refractivity (Wildman–Crippen MR) is 107 cm³/mol. The summed E-state index contributed by atoms with van der Waals surface area (Å²) in [6.07, 6.45) is 3.80. The van der Waals surface area contributed by atoms with Gasteiger partial charge in [-0.2, -0.15) is 5.26 Å². The van der Waals surface area contributed by atoms with E-state index in [1.54, 1.807) is 18.3 Å². The maximum atomic E-state index is 13.1. The number of ketones is 1. The Bertz CT molecular complexity index is 1120. The molecule has 0 unspecified atom stereocenters. The first-order chi connectivity index (χ1) is 14.2. The van der Waals surface area contributed by atoms with Crippen LogP contribution >= 0.6 is 0 Å². The number of rotatable bonds is 5. The fourth-order valence-electron chi connectivity index (χ4n) is 3.82. The van der Waals surface area contributed by atoms with Crippen molar-refractivity contribution in [1.29, 1.82) is 5.26 Å². The van der Waals surface area contributed by atoms with E-state index in [1.165, 1.54) is 0 Å². The summed E-state index contributed by atoms with van der Waals surface area (Å²) >= 11 is 0. The molecule has 1 saturated carbocycles. The molecule has 0 saturated heterocycles. The van der Waals surface area contributed by atoms with Gasteiger partial charge in [-0.25, -0.2) is 0 Å². The van der Waals surface area contributed by atoms with E-state index in [4.69, 9.17) is 14.7 Å². The number of carbonyl (C=O) groups excluding carboxylic acids is 1. The van der Waals surface area contributed by atoms with Crippen molar-refractivity contribution in [2.24, 2.45) is 0 Å². The number of carbonyl (C=O) groups is 1. The van der Waals surface area contributed by atoms with Gasteiger partial charge in [0.15, 0.2) is 11.5 Å². The number of benzene rings is 2. The van der Waals surface area contributed by atoms with Gasteiger partial charge < -0.3 is 9.47 Å². The second-order valence-electron chi connectivity index (χ2n) is 7.48. The molecule has 2 aromatic carbocycles. The topological polar surface area (TPSA) is 72.2 Å². The lowest BCUT2D eigenvalue weighted by Crippen LogP contribution is -2.22. The van der Waals surface area contributed by atoms with Gasteiger partial charge in [0.25, 0.3) is 0 Å². The number of nitrogens with zero attached hydrogens (tertiary/aromatic N) is 2. The molecule has 0 N–H and O–H groups in total. The fraction of sp³-hybridized carbons (Fsp3) is 0.208. The minimum absolute atomic E-state index is 0.190. The summed E-state index contributed by atoms with van der Waals surface area (Å²) in [7, 11) is 0. The zero-order valence-corrected chi connectivity index (χ0v) is 15.7. The minimum Gasteiger partial charge on any atom is -0.454 e. The Morgan fingerprint density at radius 1 is 1.00 bits per heavy atom. The zero-order chi connectivity index (χ0) is 19.8. The Hall–Kier alpha value is -3.65. The minimum atomic E-state index is -0.422. The fourth-order valence-corrected chi connectivity index (χ4v) is 3.82. The lowest BCUT2D eigenvalue weighted by atomic mass is 9.88. The molecule has 1 fully saturated rings. The van der Waals surface area contributed by atoms with Crippen molar-refractivity contribution in [3.8, 4) is 28.7 Å². The molecule has 5 heteroatoms. The van der Waals surface area contributed by atoms with Gasteiger partial charge in [0, 0.05) is 23.9 Å². The Kier molecular flexibility index (Phi) is 4.06. The van der Waals surface area contributed by atoms with Crippen molar-refractivity contribution in [2.75, 3.05) is 6.79 Å². The molecule has 2 heterocycles. The maximum Gasteiger partial charge on any atom is 0.231 e. The SMILES string of the molecule is N#Cc1ccc(-c2ccc(CC(=O)C3(c4ccc5c(c4)OCO5)CC3)nc2)cc1. The molecule has 1 aliphatic carbocycles. The third-order valence-electron chi connectivity index (χ3n) is 5.72. The van der Waals surface area contributed by atoms with Crippen LogP contribution in [-0.4, -0.2) is 17.6 Å². The van der Waals surface area contributed by atoms with Gasteiger partial charge in [0.05, 0.1) is 17.0 Å². The molecule has 3 aromatic rings. The van der Waals surface area contributed by atoms with Gasteiger partial charge in [-0.05, 0) is 54.3 Å². The molecule has 1 aromatic heterocycles. The number of ether oxygens (including phenoxy) is 2. The molecular weight excluding hydrogens is 364 g/mol. The van der Waals surface area contributed by atoms with Gasteiger partial charge in [-0.15, -0.1) is 0 Å². The van der Waals surface area contributed by atoms with Gasteiger partial charge in [-0.3, -0.25) is 9.78 Å². The number of nitriles is 1. The highest BCUT2D eigenvalue weighted by atomic mass is 16.7. The van der Waals surface area contributed by atoms with Crippen molar-refractivity contribution in [2.45, 2.75) is 24.7 Å². The first-order valence-electron chi connectivity index (χ1n) is 9.57. The molecule has 5 nitrogen and oxygen atoms in total. The lowest BCUT2D eigenvalue weighted by Gasteiger charge is -2.15. The highest BCUT2D eigenvalue weighted by Gasteiger charge is 2.50. The third kappa shape index (κ3) is 3.13. The largest absolute Gasteiger partial charge is 0.454 e. The lowest BCUT2D eigenvalue weighted by molar-refractivity contribution is -0.120. The van der Waals surface area contributed by atoms with Crippen LogP contribution in [0.5, 0.6) is 11.5 Å². The first kappa shape index (κ1) is 17.4. The van der Waals surface area contributed by atoms with Crippen LogP contribution in [0.2, 0.25) is 0 Å². The normalized spacial score (nSPS) is 15.6.